The minimum absolute atomic E-state index is 0.585. The molecule has 3 atom stereocenters. The fourth-order valence-electron chi connectivity index (χ4n) is 6.07. The van der Waals surface area contributed by atoms with Crippen molar-refractivity contribution in [2.24, 2.45) is 5.92 Å². The highest BCUT2D eigenvalue weighted by molar-refractivity contribution is 7.99. The third kappa shape index (κ3) is 2.82. The van der Waals surface area contributed by atoms with Gasteiger partial charge in [0.15, 0.2) is 0 Å². The van der Waals surface area contributed by atoms with Crippen LogP contribution in [0.25, 0.3) is 0 Å². The number of nitrogens with zero attached hydrogens (tertiary/aromatic N) is 1. The average molecular weight is 365 g/mol. The molecule has 3 aliphatic heterocycles. The van der Waals surface area contributed by atoms with Gasteiger partial charge in [-0.1, -0.05) is 48.2 Å². The molecule has 2 saturated heterocycles. The molecule has 3 aliphatic rings. The molecule has 0 N–H and O–H groups in total. The number of fused-ring (bicyclic) bond motifs is 3. The zero-order chi connectivity index (χ0) is 17.6. The Hall–Kier alpha value is -1.25. The molecule has 136 valence electrons. The van der Waals surface area contributed by atoms with Crippen molar-refractivity contribution in [2.45, 2.75) is 60.3 Å². The van der Waals surface area contributed by atoms with E-state index in [0.29, 0.717) is 5.92 Å². The number of hydrogen-bond donors (Lipinski definition) is 0. The number of rotatable bonds is 2. The number of piperidine rings is 2. The summed E-state index contributed by atoms with van der Waals surface area (Å²) < 4.78 is 1.36. The van der Waals surface area contributed by atoms with E-state index in [2.05, 4.69) is 55.6 Å². The summed E-state index contributed by atoms with van der Waals surface area (Å²) in [7, 11) is 2.55. The van der Waals surface area contributed by atoms with E-state index in [1.165, 1.54) is 65.9 Å². The molecule has 1 nitrogen and oxygen atoms in total. The summed E-state index contributed by atoms with van der Waals surface area (Å²) in [5, 5.41) is 0. The van der Waals surface area contributed by atoms with Crippen molar-refractivity contribution in [3.8, 4) is 0 Å². The highest BCUT2D eigenvalue weighted by Crippen LogP contribution is 2.50. The predicted molar refractivity (Wildman–Crippen MR) is 110 cm³/mol. The molecule has 0 aromatic heterocycles. The number of quaternary nitrogens is 1. The van der Waals surface area contributed by atoms with Crippen LogP contribution < -0.4 is 0 Å². The molecule has 5 rings (SSSR count). The minimum atomic E-state index is 0.585. The summed E-state index contributed by atoms with van der Waals surface area (Å²) >= 11 is 1.97. The molecular weight excluding hydrogens is 334 g/mol. The van der Waals surface area contributed by atoms with Gasteiger partial charge in [-0.05, 0) is 61.8 Å². The maximum absolute atomic E-state index is 2.55. The zero-order valence-corrected chi connectivity index (χ0v) is 16.7. The van der Waals surface area contributed by atoms with Crippen molar-refractivity contribution >= 4 is 11.8 Å². The molecule has 0 saturated carbocycles. The van der Waals surface area contributed by atoms with Crippen LogP contribution in [0.1, 0.15) is 55.6 Å². The van der Waals surface area contributed by atoms with Crippen LogP contribution in [0.15, 0.2) is 58.3 Å². The second kappa shape index (κ2) is 6.73. The van der Waals surface area contributed by atoms with E-state index in [9.17, 15) is 0 Å². The Morgan fingerprint density at radius 3 is 2.23 bits per heavy atom. The normalized spacial score (nSPS) is 31.0. The molecule has 2 aromatic carbocycles. The Balaban J connectivity index is 1.50. The predicted octanol–water partition coefficient (Wildman–Crippen LogP) is 6.08. The van der Waals surface area contributed by atoms with Gasteiger partial charge in [0.05, 0.1) is 26.2 Å². The van der Waals surface area contributed by atoms with Gasteiger partial charge in [0.25, 0.3) is 0 Å². The standard InChI is InChI=1S/C24H30NS/c1-25-15-7-6-12-22(25)18(9-8-16-25)17-21-19-10-2-4-13-23(19)26-24-14-5-3-11-20(21)24/h2-5,10-11,13-14,18,21-22H,6-9,12,15-17H2,1H3/q+1/t18-,22+,25?/m0/s1. The van der Waals surface area contributed by atoms with E-state index < -0.39 is 0 Å². The Morgan fingerprint density at radius 2 is 1.50 bits per heavy atom. The van der Waals surface area contributed by atoms with Crippen molar-refractivity contribution < 1.29 is 4.48 Å². The maximum atomic E-state index is 2.55. The fourth-order valence-corrected chi connectivity index (χ4v) is 7.26. The summed E-state index contributed by atoms with van der Waals surface area (Å²) in [4.78, 5) is 2.96. The quantitative estimate of drug-likeness (QED) is 0.582. The maximum Gasteiger partial charge on any atom is 0.0917 e. The van der Waals surface area contributed by atoms with Crippen LogP contribution in [0.3, 0.4) is 0 Å². The van der Waals surface area contributed by atoms with Crippen LogP contribution in [-0.4, -0.2) is 30.7 Å². The number of benzene rings is 2. The third-order valence-corrected chi connectivity index (χ3v) is 8.54. The molecule has 0 aliphatic carbocycles. The third-order valence-electron chi connectivity index (χ3n) is 7.35. The SMILES string of the molecule is C[N+]12CCCC[C@@H]1[C@H](CC1c3ccccc3Sc3ccccc31)CCC2. The first-order valence-corrected chi connectivity index (χ1v) is 11.3. The molecule has 0 bridgehead atoms. The lowest BCUT2D eigenvalue weighted by molar-refractivity contribution is -0.947. The van der Waals surface area contributed by atoms with Crippen LogP contribution in [-0.2, 0) is 0 Å². The molecule has 0 amide bonds. The van der Waals surface area contributed by atoms with E-state index >= 15 is 0 Å². The molecule has 1 unspecified atom stereocenters. The molecule has 0 spiro atoms. The van der Waals surface area contributed by atoms with E-state index in [1.54, 1.807) is 11.1 Å². The zero-order valence-electron chi connectivity index (χ0n) is 15.9. The van der Waals surface area contributed by atoms with Gasteiger partial charge in [0.1, 0.15) is 0 Å². The van der Waals surface area contributed by atoms with Crippen LogP contribution in [0.2, 0.25) is 0 Å². The van der Waals surface area contributed by atoms with Crippen molar-refractivity contribution in [1.29, 1.82) is 0 Å². The Bertz CT molecular complexity index is 751. The van der Waals surface area contributed by atoms with Crippen LogP contribution in [0.5, 0.6) is 0 Å². The van der Waals surface area contributed by atoms with Gasteiger partial charge in [0.2, 0.25) is 0 Å². The van der Waals surface area contributed by atoms with Gasteiger partial charge in [-0.3, -0.25) is 0 Å². The molecule has 2 fully saturated rings. The monoisotopic (exact) mass is 364 g/mol. The summed E-state index contributed by atoms with van der Waals surface area (Å²) in [6, 6.07) is 19.2. The molecule has 0 radical (unpaired) electrons. The van der Waals surface area contributed by atoms with Gasteiger partial charge in [-0.2, -0.15) is 0 Å². The second-order valence-corrected chi connectivity index (χ2v) is 9.94. The first-order chi connectivity index (χ1) is 12.7. The molecule has 2 heteroatoms. The summed E-state index contributed by atoms with van der Waals surface area (Å²) in [6.45, 7) is 2.82. The van der Waals surface area contributed by atoms with Gasteiger partial charge >= 0.3 is 0 Å². The average Bonchev–Trinajstić information content (AvgIpc) is 2.67. The van der Waals surface area contributed by atoms with E-state index in [1.807, 2.05) is 11.8 Å². The van der Waals surface area contributed by atoms with Crippen molar-refractivity contribution in [2.75, 3.05) is 20.1 Å². The van der Waals surface area contributed by atoms with Crippen molar-refractivity contribution in [1.82, 2.24) is 0 Å². The second-order valence-electron chi connectivity index (χ2n) is 8.86. The summed E-state index contributed by atoms with van der Waals surface area (Å²) in [5.74, 6) is 1.46. The first kappa shape index (κ1) is 16.9. The molecule has 26 heavy (non-hydrogen) atoms. The molecule has 2 aromatic rings. The lowest BCUT2D eigenvalue weighted by Crippen LogP contribution is -2.60. The smallest absolute Gasteiger partial charge is 0.0917 e. The molecular formula is C24H30NS+. The highest BCUT2D eigenvalue weighted by atomic mass is 32.2. The topological polar surface area (TPSA) is 0 Å². The lowest BCUT2D eigenvalue weighted by atomic mass is 9.74. The largest absolute Gasteiger partial charge is 0.323 e. The summed E-state index contributed by atoms with van der Waals surface area (Å²) in [5.41, 5.74) is 3.15. The lowest BCUT2D eigenvalue weighted by Gasteiger charge is -2.52. The van der Waals surface area contributed by atoms with Crippen LogP contribution >= 0.6 is 11.8 Å². The van der Waals surface area contributed by atoms with E-state index in [-0.39, 0.29) is 0 Å². The molecule has 3 heterocycles. The van der Waals surface area contributed by atoms with Gasteiger partial charge in [-0.15, -0.1) is 0 Å². The van der Waals surface area contributed by atoms with Gasteiger partial charge in [-0.25, -0.2) is 0 Å². The Kier molecular flexibility index (Phi) is 4.37. The van der Waals surface area contributed by atoms with Gasteiger partial charge in [0, 0.05) is 21.6 Å². The van der Waals surface area contributed by atoms with Crippen LogP contribution in [0.4, 0.5) is 0 Å². The first-order valence-electron chi connectivity index (χ1n) is 10.4. The Labute approximate surface area is 162 Å². The number of hydrogen-bond acceptors (Lipinski definition) is 1. The van der Waals surface area contributed by atoms with Crippen molar-refractivity contribution in [3.05, 3.63) is 59.7 Å². The van der Waals surface area contributed by atoms with Crippen LogP contribution in [0, 0.1) is 5.92 Å². The van der Waals surface area contributed by atoms with E-state index in [0.717, 1.165) is 12.0 Å². The highest BCUT2D eigenvalue weighted by Gasteiger charge is 2.44. The fraction of sp³-hybridized carbons (Fsp3) is 0.500. The summed E-state index contributed by atoms with van der Waals surface area (Å²) in [6.07, 6.45) is 8.53. The van der Waals surface area contributed by atoms with Gasteiger partial charge < -0.3 is 4.48 Å². The minimum Gasteiger partial charge on any atom is -0.323 e. The van der Waals surface area contributed by atoms with E-state index in [4.69, 9.17) is 0 Å². The van der Waals surface area contributed by atoms with Crippen molar-refractivity contribution in [3.63, 3.8) is 0 Å². The Morgan fingerprint density at radius 1 is 0.846 bits per heavy atom.